The standard InChI is InChI=1S/C33H40N4O4/c1-5-18-36(3)30-14-10-26(11-15-30)22-28(24-34)32(38)40-20-8-7-9-21-41-33(39)29(25-35)23-27-12-16-31(17-13-27)37(4)19-6-2/h10-17,22-23H,5-9,18-21H2,1-4H3. The van der Waals surface area contributed by atoms with Crippen LogP contribution in [0.1, 0.15) is 57.1 Å². The van der Waals surface area contributed by atoms with Gasteiger partial charge in [0, 0.05) is 38.6 Å². The number of rotatable bonds is 16. The van der Waals surface area contributed by atoms with Gasteiger partial charge in [0.1, 0.15) is 23.3 Å². The third-order valence-electron chi connectivity index (χ3n) is 6.34. The molecule has 0 bridgehead atoms. The number of hydrogen-bond donors (Lipinski definition) is 0. The summed E-state index contributed by atoms with van der Waals surface area (Å²) in [5.41, 5.74) is 3.50. The van der Waals surface area contributed by atoms with Gasteiger partial charge in [-0.1, -0.05) is 38.1 Å². The largest absolute Gasteiger partial charge is 0.462 e. The minimum absolute atomic E-state index is 0.0629. The van der Waals surface area contributed by atoms with Crippen molar-refractivity contribution in [2.75, 3.05) is 50.2 Å². The van der Waals surface area contributed by atoms with Crippen molar-refractivity contribution in [2.45, 2.75) is 46.0 Å². The van der Waals surface area contributed by atoms with Crippen LogP contribution in [0.4, 0.5) is 11.4 Å². The summed E-state index contributed by atoms with van der Waals surface area (Å²) in [4.78, 5) is 28.9. The first-order valence-corrected chi connectivity index (χ1v) is 14.0. The fourth-order valence-corrected chi connectivity index (χ4v) is 4.05. The highest BCUT2D eigenvalue weighted by Crippen LogP contribution is 2.18. The van der Waals surface area contributed by atoms with Gasteiger partial charge in [-0.2, -0.15) is 10.5 Å². The summed E-state index contributed by atoms with van der Waals surface area (Å²) in [7, 11) is 4.04. The topological polar surface area (TPSA) is 107 Å². The molecule has 0 atom stereocenters. The van der Waals surface area contributed by atoms with Crippen molar-refractivity contribution in [3.8, 4) is 12.1 Å². The Labute approximate surface area is 244 Å². The Bertz CT molecular complexity index is 1170. The molecule has 8 heteroatoms. The van der Waals surface area contributed by atoms with E-state index in [2.05, 4.69) is 23.6 Å². The molecule has 0 aliphatic carbocycles. The zero-order valence-electron chi connectivity index (χ0n) is 24.6. The summed E-state index contributed by atoms with van der Waals surface area (Å²) in [5.74, 6) is -1.33. The zero-order chi connectivity index (χ0) is 30.0. The maximum absolute atomic E-state index is 12.3. The van der Waals surface area contributed by atoms with Gasteiger partial charge < -0.3 is 19.3 Å². The number of esters is 2. The molecule has 0 saturated carbocycles. The number of nitriles is 2. The molecule has 0 aromatic heterocycles. The van der Waals surface area contributed by atoms with Gasteiger partial charge in [0.05, 0.1) is 13.2 Å². The lowest BCUT2D eigenvalue weighted by molar-refractivity contribution is -0.138. The van der Waals surface area contributed by atoms with Crippen LogP contribution < -0.4 is 9.80 Å². The maximum Gasteiger partial charge on any atom is 0.348 e. The van der Waals surface area contributed by atoms with Crippen LogP contribution >= 0.6 is 0 Å². The Hall–Kier alpha value is -4.56. The molecule has 2 aromatic carbocycles. The van der Waals surface area contributed by atoms with E-state index in [0.29, 0.717) is 19.3 Å². The molecule has 0 N–H and O–H groups in total. The molecular weight excluding hydrogens is 516 g/mol. The van der Waals surface area contributed by atoms with Crippen LogP contribution in [-0.4, -0.2) is 52.3 Å². The first kappa shape index (κ1) is 32.7. The predicted molar refractivity (Wildman–Crippen MR) is 163 cm³/mol. The van der Waals surface area contributed by atoms with E-state index in [1.807, 2.05) is 74.8 Å². The molecule has 2 aromatic rings. The van der Waals surface area contributed by atoms with Gasteiger partial charge in [0.25, 0.3) is 0 Å². The first-order chi connectivity index (χ1) is 19.8. The van der Waals surface area contributed by atoms with Gasteiger partial charge >= 0.3 is 11.9 Å². The molecule has 0 amide bonds. The smallest absolute Gasteiger partial charge is 0.348 e. The van der Waals surface area contributed by atoms with E-state index >= 15 is 0 Å². The number of hydrogen-bond acceptors (Lipinski definition) is 8. The van der Waals surface area contributed by atoms with Crippen LogP contribution in [0.2, 0.25) is 0 Å². The van der Waals surface area contributed by atoms with Gasteiger partial charge in [-0.05, 0) is 79.6 Å². The molecule has 0 unspecified atom stereocenters. The highest BCUT2D eigenvalue weighted by molar-refractivity contribution is 5.98. The summed E-state index contributed by atoms with van der Waals surface area (Å²) in [6.45, 7) is 6.42. The summed E-state index contributed by atoms with van der Waals surface area (Å²) >= 11 is 0. The Balaban J connectivity index is 1.73. The van der Waals surface area contributed by atoms with Gasteiger partial charge in [-0.3, -0.25) is 0 Å². The molecule has 0 radical (unpaired) electrons. The second-order valence-electron chi connectivity index (χ2n) is 9.70. The van der Waals surface area contributed by atoms with Crippen LogP contribution in [-0.2, 0) is 19.1 Å². The van der Waals surface area contributed by atoms with Crippen molar-refractivity contribution >= 4 is 35.5 Å². The lowest BCUT2D eigenvalue weighted by Crippen LogP contribution is -2.17. The monoisotopic (exact) mass is 556 g/mol. The normalized spacial score (nSPS) is 11.3. The highest BCUT2D eigenvalue weighted by Gasteiger charge is 2.12. The Kier molecular flexibility index (Phi) is 14.3. The third kappa shape index (κ3) is 11.2. The second kappa shape index (κ2) is 17.9. The van der Waals surface area contributed by atoms with Crippen LogP contribution in [0, 0.1) is 22.7 Å². The van der Waals surface area contributed by atoms with Crippen molar-refractivity contribution < 1.29 is 19.1 Å². The van der Waals surface area contributed by atoms with Gasteiger partial charge in [0.2, 0.25) is 0 Å². The summed E-state index contributed by atoms with van der Waals surface area (Å²) in [6, 6.07) is 19.1. The number of ether oxygens (including phenoxy) is 2. The molecule has 0 aliphatic rings. The molecule has 0 fully saturated rings. The molecule has 8 nitrogen and oxygen atoms in total. The van der Waals surface area contributed by atoms with Crippen molar-refractivity contribution in [2.24, 2.45) is 0 Å². The SMILES string of the molecule is CCCN(C)c1ccc(C=C(C#N)C(=O)OCCCCCOC(=O)C(C#N)=Cc2ccc(N(C)CCC)cc2)cc1. The van der Waals surface area contributed by atoms with Crippen LogP contribution in [0.25, 0.3) is 12.2 Å². The molecule has 0 heterocycles. The van der Waals surface area contributed by atoms with E-state index in [9.17, 15) is 20.1 Å². The summed E-state index contributed by atoms with van der Waals surface area (Å²) in [5, 5.41) is 18.8. The molecular formula is C33H40N4O4. The molecule has 0 aliphatic heterocycles. The van der Waals surface area contributed by atoms with Crippen LogP contribution in [0.5, 0.6) is 0 Å². The molecule has 2 rings (SSSR count). The number of carbonyl (C=O) groups is 2. The minimum Gasteiger partial charge on any atom is -0.462 e. The van der Waals surface area contributed by atoms with Gasteiger partial charge in [-0.15, -0.1) is 0 Å². The Morgan fingerprint density at radius 3 is 1.37 bits per heavy atom. The predicted octanol–water partition coefficient (Wildman–Crippen LogP) is 6.15. The Morgan fingerprint density at radius 2 is 1.05 bits per heavy atom. The van der Waals surface area contributed by atoms with Crippen LogP contribution in [0.3, 0.4) is 0 Å². The quantitative estimate of drug-likeness (QED) is 0.105. The van der Waals surface area contributed by atoms with E-state index in [4.69, 9.17) is 9.47 Å². The fourth-order valence-electron chi connectivity index (χ4n) is 4.05. The van der Waals surface area contributed by atoms with E-state index < -0.39 is 11.9 Å². The summed E-state index contributed by atoms with van der Waals surface area (Å²) < 4.78 is 10.5. The average Bonchev–Trinajstić information content (AvgIpc) is 2.98. The van der Waals surface area contributed by atoms with Crippen molar-refractivity contribution in [1.29, 1.82) is 10.5 Å². The molecule has 0 spiro atoms. The van der Waals surface area contributed by atoms with E-state index in [-0.39, 0.29) is 24.4 Å². The summed E-state index contributed by atoms with van der Waals surface area (Å²) in [6.07, 6.45) is 6.88. The number of carbonyl (C=O) groups excluding carboxylic acids is 2. The zero-order valence-corrected chi connectivity index (χ0v) is 24.6. The van der Waals surface area contributed by atoms with E-state index in [1.54, 1.807) is 0 Å². The minimum atomic E-state index is -0.667. The number of benzene rings is 2. The number of unbranched alkanes of at least 4 members (excludes halogenated alkanes) is 2. The number of anilines is 2. The van der Waals surface area contributed by atoms with Crippen molar-refractivity contribution in [1.82, 2.24) is 0 Å². The lowest BCUT2D eigenvalue weighted by atomic mass is 10.1. The first-order valence-electron chi connectivity index (χ1n) is 14.0. The van der Waals surface area contributed by atoms with E-state index in [0.717, 1.165) is 48.4 Å². The van der Waals surface area contributed by atoms with Crippen molar-refractivity contribution in [3.05, 3.63) is 70.8 Å². The lowest BCUT2D eigenvalue weighted by Gasteiger charge is -2.18. The molecule has 0 saturated heterocycles. The maximum atomic E-state index is 12.3. The highest BCUT2D eigenvalue weighted by atomic mass is 16.5. The number of nitrogens with zero attached hydrogens (tertiary/aromatic N) is 4. The third-order valence-corrected chi connectivity index (χ3v) is 6.34. The van der Waals surface area contributed by atoms with E-state index in [1.165, 1.54) is 12.2 Å². The van der Waals surface area contributed by atoms with Crippen molar-refractivity contribution in [3.63, 3.8) is 0 Å². The fraction of sp³-hybridized carbons (Fsp3) is 0.394. The van der Waals surface area contributed by atoms with Crippen LogP contribution in [0.15, 0.2) is 59.7 Å². The second-order valence-corrected chi connectivity index (χ2v) is 9.70. The molecule has 216 valence electrons. The average molecular weight is 557 g/mol. The Morgan fingerprint density at radius 1 is 0.683 bits per heavy atom. The van der Waals surface area contributed by atoms with Gasteiger partial charge in [0.15, 0.2) is 0 Å². The molecule has 41 heavy (non-hydrogen) atoms. The van der Waals surface area contributed by atoms with Gasteiger partial charge in [-0.25, -0.2) is 9.59 Å².